The van der Waals surface area contributed by atoms with Crippen LogP contribution in [0.15, 0.2) is 42.5 Å². The summed E-state index contributed by atoms with van der Waals surface area (Å²) in [4.78, 5) is 38.8. The summed E-state index contributed by atoms with van der Waals surface area (Å²) in [6.45, 7) is 1.83. The van der Waals surface area contributed by atoms with Crippen LogP contribution in [-0.4, -0.2) is 30.8 Å². The maximum Gasteiger partial charge on any atom is 0.248 e. The minimum atomic E-state index is -0.531. The highest BCUT2D eigenvalue weighted by atomic mass is 16.2. The van der Waals surface area contributed by atoms with Gasteiger partial charge in [0.1, 0.15) is 0 Å². The van der Waals surface area contributed by atoms with E-state index >= 15 is 0 Å². The van der Waals surface area contributed by atoms with Crippen LogP contribution in [0.5, 0.6) is 0 Å². The first-order valence-electron chi connectivity index (χ1n) is 10.4. The minimum Gasteiger partial charge on any atom is -0.370 e. The Bertz CT molecular complexity index is 982. The Morgan fingerprint density at radius 2 is 1.90 bits per heavy atom. The van der Waals surface area contributed by atoms with E-state index in [9.17, 15) is 14.4 Å². The molecule has 3 amide bonds. The van der Waals surface area contributed by atoms with Gasteiger partial charge < -0.3 is 21.3 Å². The molecule has 7 nitrogen and oxygen atoms in total. The van der Waals surface area contributed by atoms with E-state index in [0.717, 1.165) is 42.9 Å². The van der Waals surface area contributed by atoms with Gasteiger partial charge in [-0.25, -0.2) is 0 Å². The Hall–Kier alpha value is -3.35. The molecule has 4 rings (SSSR count). The number of nitrogens with one attached hydrogen (secondary N) is 2. The van der Waals surface area contributed by atoms with Gasteiger partial charge in [-0.2, -0.15) is 0 Å². The molecule has 1 atom stereocenters. The number of benzene rings is 2. The normalized spacial score (nSPS) is 17.9. The molecule has 2 heterocycles. The summed E-state index contributed by atoms with van der Waals surface area (Å²) in [5.41, 5.74) is 9.21. The zero-order valence-corrected chi connectivity index (χ0v) is 16.8. The van der Waals surface area contributed by atoms with E-state index in [1.807, 2.05) is 30.3 Å². The summed E-state index contributed by atoms with van der Waals surface area (Å²) in [6, 6.07) is 12.9. The van der Waals surface area contributed by atoms with Crippen molar-refractivity contribution in [3.05, 3.63) is 53.6 Å². The molecule has 0 unspecified atom stereocenters. The van der Waals surface area contributed by atoms with Crippen molar-refractivity contribution in [2.45, 2.75) is 32.1 Å². The number of nitrogens with two attached hydrogens (primary N) is 1. The third kappa shape index (κ3) is 4.30. The van der Waals surface area contributed by atoms with Crippen molar-refractivity contribution < 1.29 is 14.4 Å². The number of nitrogens with zero attached hydrogens (tertiary/aromatic N) is 1. The molecule has 0 bridgehead atoms. The lowest BCUT2D eigenvalue weighted by molar-refractivity contribution is -0.121. The molecule has 30 heavy (non-hydrogen) atoms. The number of rotatable bonds is 6. The van der Waals surface area contributed by atoms with Gasteiger partial charge in [-0.05, 0) is 55.5 Å². The monoisotopic (exact) mass is 406 g/mol. The molecule has 2 aliphatic heterocycles. The van der Waals surface area contributed by atoms with E-state index in [0.29, 0.717) is 24.1 Å². The van der Waals surface area contributed by atoms with Crippen molar-refractivity contribution >= 4 is 34.8 Å². The first-order chi connectivity index (χ1) is 14.5. The van der Waals surface area contributed by atoms with Gasteiger partial charge in [-0.15, -0.1) is 0 Å². The van der Waals surface area contributed by atoms with Crippen molar-refractivity contribution in [2.24, 2.45) is 11.7 Å². The van der Waals surface area contributed by atoms with Crippen LogP contribution in [0.1, 0.15) is 41.6 Å². The summed E-state index contributed by atoms with van der Waals surface area (Å²) in [5, 5.41) is 5.86. The standard InChI is InChI=1S/C23H26N4O3/c24-22(29)16-7-9-20(27-11-3-4-12-27)19(14-16)25-21(28)10-8-17-13-15-5-1-2-6-18(15)26-23(17)30/h1-2,5-7,9,14,17H,3-4,8,10-13H2,(H2,24,29)(H,25,28)(H,26,30)/t17-/m1/s1. The second kappa shape index (κ2) is 8.57. The molecule has 2 aromatic rings. The number of carbonyl (C=O) groups is 3. The first-order valence-corrected chi connectivity index (χ1v) is 10.4. The summed E-state index contributed by atoms with van der Waals surface area (Å²) >= 11 is 0. The Morgan fingerprint density at radius 3 is 2.67 bits per heavy atom. The van der Waals surface area contributed by atoms with E-state index in [-0.39, 0.29) is 24.2 Å². The third-order valence-electron chi connectivity index (χ3n) is 5.83. The lowest BCUT2D eigenvalue weighted by Crippen LogP contribution is -2.30. The second-order valence-corrected chi connectivity index (χ2v) is 7.92. The van der Waals surface area contributed by atoms with Crippen molar-refractivity contribution in [1.82, 2.24) is 0 Å². The Kier molecular flexibility index (Phi) is 5.70. The van der Waals surface area contributed by atoms with Crippen LogP contribution in [0.3, 0.4) is 0 Å². The van der Waals surface area contributed by atoms with Crippen molar-refractivity contribution in [1.29, 1.82) is 0 Å². The maximum absolute atomic E-state index is 12.7. The lowest BCUT2D eigenvalue weighted by atomic mass is 9.89. The van der Waals surface area contributed by atoms with Gasteiger partial charge in [0.05, 0.1) is 11.4 Å². The van der Waals surface area contributed by atoms with E-state index in [1.165, 1.54) is 0 Å². The summed E-state index contributed by atoms with van der Waals surface area (Å²) in [7, 11) is 0. The van der Waals surface area contributed by atoms with Crippen LogP contribution in [0, 0.1) is 5.92 Å². The SMILES string of the molecule is NC(=O)c1ccc(N2CCCC2)c(NC(=O)CC[C@@H]2Cc3ccccc3NC2=O)c1. The van der Waals surface area contributed by atoms with Crippen LogP contribution in [0.25, 0.3) is 0 Å². The molecule has 1 fully saturated rings. The fraction of sp³-hybridized carbons (Fsp3) is 0.348. The fourth-order valence-corrected chi connectivity index (χ4v) is 4.19. The van der Waals surface area contributed by atoms with E-state index in [2.05, 4.69) is 15.5 Å². The third-order valence-corrected chi connectivity index (χ3v) is 5.83. The molecule has 4 N–H and O–H groups in total. The van der Waals surface area contributed by atoms with Gasteiger partial charge in [0, 0.05) is 36.7 Å². The largest absolute Gasteiger partial charge is 0.370 e. The molecule has 0 aromatic heterocycles. The molecule has 0 radical (unpaired) electrons. The second-order valence-electron chi connectivity index (χ2n) is 7.92. The number of hydrogen-bond donors (Lipinski definition) is 3. The summed E-state index contributed by atoms with van der Waals surface area (Å²) < 4.78 is 0. The smallest absolute Gasteiger partial charge is 0.248 e. The first kappa shape index (κ1) is 19.9. The van der Waals surface area contributed by atoms with Crippen molar-refractivity contribution in [3.63, 3.8) is 0 Å². The van der Waals surface area contributed by atoms with Gasteiger partial charge in [0.2, 0.25) is 17.7 Å². The molecule has 0 saturated carbocycles. The zero-order chi connectivity index (χ0) is 21.1. The molecule has 0 aliphatic carbocycles. The Labute approximate surface area is 175 Å². The number of anilines is 3. The molecule has 2 aromatic carbocycles. The summed E-state index contributed by atoms with van der Waals surface area (Å²) in [6.07, 6.45) is 3.51. The minimum absolute atomic E-state index is 0.0463. The van der Waals surface area contributed by atoms with Gasteiger partial charge in [-0.3, -0.25) is 14.4 Å². The number of primary amides is 1. The number of amides is 3. The lowest BCUT2D eigenvalue weighted by Gasteiger charge is -2.25. The van der Waals surface area contributed by atoms with Crippen LogP contribution >= 0.6 is 0 Å². The topological polar surface area (TPSA) is 105 Å². The Balaban J connectivity index is 1.43. The quantitative estimate of drug-likeness (QED) is 0.686. The van der Waals surface area contributed by atoms with Crippen LogP contribution in [-0.2, 0) is 16.0 Å². The van der Waals surface area contributed by atoms with Gasteiger partial charge in [0.25, 0.3) is 0 Å². The molecule has 2 aliphatic rings. The number of hydrogen-bond acceptors (Lipinski definition) is 4. The average Bonchev–Trinajstić information content (AvgIpc) is 3.26. The maximum atomic E-state index is 12.7. The molecule has 7 heteroatoms. The number of fused-ring (bicyclic) bond motifs is 1. The van der Waals surface area contributed by atoms with E-state index < -0.39 is 5.91 Å². The van der Waals surface area contributed by atoms with Crippen LogP contribution < -0.4 is 21.3 Å². The van der Waals surface area contributed by atoms with Gasteiger partial charge in [-0.1, -0.05) is 18.2 Å². The average molecular weight is 406 g/mol. The zero-order valence-electron chi connectivity index (χ0n) is 16.8. The highest BCUT2D eigenvalue weighted by Gasteiger charge is 2.26. The molecule has 156 valence electrons. The van der Waals surface area contributed by atoms with Gasteiger partial charge in [0.15, 0.2) is 0 Å². The molecular weight excluding hydrogens is 380 g/mol. The number of para-hydroxylation sites is 1. The summed E-state index contributed by atoms with van der Waals surface area (Å²) in [5.74, 6) is -0.990. The highest BCUT2D eigenvalue weighted by Crippen LogP contribution is 2.31. The Morgan fingerprint density at radius 1 is 1.13 bits per heavy atom. The van der Waals surface area contributed by atoms with E-state index in [1.54, 1.807) is 12.1 Å². The van der Waals surface area contributed by atoms with Crippen molar-refractivity contribution in [2.75, 3.05) is 28.6 Å². The van der Waals surface area contributed by atoms with Crippen LogP contribution in [0.2, 0.25) is 0 Å². The predicted molar refractivity (Wildman–Crippen MR) is 117 cm³/mol. The fourth-order valence-electron chi connectivity index (χ4n) is 4.19. The molecule has 0 spiro atoms. The molecular formula is C23H26N4O3. The van der Waals surface area contributed by atoms with Gasteiger partial charge >= 0.3 is 0 Å². The number of carbonyl (C=O) groups excluding carboxylic acids is 3. The van der Waals surface area contributed by atoms with E-state index in [4.69, 9.17) is 5.73 Å². The van der Waals surface area contributed by atoms with Crippen LogP contribution in [0.4, 0.5) is 17.1 Å². The molecule has 1 saturated heterocycles. The highest BCUT2D eigenvalue weighted by molar-refractivity contribution is 6.00. The van der Waals surface area contributed by atoms with Crippen molar-refractivity contribution in [3.8, 4) is 0 Å². The predicted octanol–water partition coefficient (Wildman–Crippen LogP) is 2.92.